The molecule has 1 aromatic heterocycles. The molecule has 1 unspecified atom stereocenters. The first-order chi connectivity index (χ1) is 9.52. The minimum absolute atomic E-state index is 0.239. The number of hydrogen-bond donors (Lipinski definition) is 2. The zero-order valence-electron chi connectivity index (χ0n) is 11.5. The van der Waals surface area contributed by atoms with Crippen molar-refractivity contribution in [3.63, 3.8) is 0 Å². The van der Waals surface area contributed by atoms with Gasteiger partial charge in [0.1, 0.15) is 0 Å². The Labute approximate surface area is 116 Å². The number of para-hydroxylation sites is 1. The molecule has 2 N–H and O–H groups in total. The number of rotatable bonds is 4. The number of fused-ring (bicyclic) bond motifs is 1. The first-order valence-electron chi connectivity index (χ1n) is 6.49. The molecule has 5 heteroatoms. The summed E-state index contributed by atoms with van der Waals surface area (Å²) in [4.78, 5) is 23.3. The molecule has 0 aliphatic rings. The van der Waals surface area contributed by atoms with E-state index < -0.39 is 11.9 Å². The minimum atomic E-state index is -0.950. The number of aromatic nitrogens is 1. The molecular weight excluding hydrogens is 258 g/mol. The van der Waals surface area contributed by atoms with E-state index in [9.17, 15) is 19.8 Å². The Kier molecular flexibility index (Phi) is 3.90. The van der Waals surface area contributed by atoms with Gasteiger partial charge in [-0.3, -0.25) is 14.2 Å². The predicted octanol–water partition coefficient (Wildman–Crippen LogP) is 2.37. The molecule has 0 bridgehead atoms. The van der Waals surface area contributed by atoms with Gasteiger partial charge in [0, 0.05) is 12.3 Å². The molecule has 106 valence electrons. The van der Waals surface area contributed by atoms with Crippen molar-refractivity contribution in [1.82, 2.24) is 4.57 Å². The van der Waals surface area contributed by atoms with Crippen molar-refractivity contribution in [3.05, 3.63) is 35.5 Å². The summed E-state index contributed by atoms with van der Waals surface area (Å²) in [6.07, 6.45) is 0.397. The molecule has 1 atom stereocenters. The number of aliphatic hydroxyl groups excluding tert-OH is 1. The van der Waals surface area contributed by atoms with Crippen LogP contribution in [-0.2, 0) is 11.4 Å². The number of aliphatic carboxylic acids is 1. The molecule has 2 aromatic rings. The number of benzene rings is 1. The summed E-state index contributed by atoms with van der Waals surface area (Å²) in [5, 5.41) is 19.7. The van der Waals surface area contributed by atoms with Crippen LogP contribution in [0.3, 0.4) is 0 Å². The molecular formula is C15H17NO4. The maximum absolute atomic E-state index is 11.8. The van der Waals surface area contributed by atoms with Gasteiger partial charge in [0.25, 0.3) is 0 Å². The van der Waals surface area contributed by atoms with E-state index in [1.54, 1.807) is 31.2 Å². The normalized spacial score (nSPS) is 12.6. The summed E-state index contributed by atoms with van der Waals surface area (Å²) in [5.74, 6) is -1.92. The van der Waals surface area contributed by atoms with Crippen molar-refractivity contribution in [3.8, 4) is 0 Å². The lowest BCUT2D eigenvalue weighted by Gasteiger charge is -2.12. The highest BCUT2D eigenvalue weighted by atomic mass is 16.4. The van der Waals surface area contributed by atoms with E-state index in [1.165, 1.54) is 11.5 Å². The third kappa shape index (κ3) is 2.10. The Hall–Kier alpha value is -2.14. The van der Waals surface area contributed by atoms with E-state index in [1.807, 2.05) is 0 Å². The summed E-state index contributed by atoms with van der Waals surface area (Å²) in [6, 6.07) is 7.13. The number of nitrogens with zero attached hydrogens (tertiary/aromatic N) is 1. The molecule has 1 aromatic carbocycles. The summed E-state index contributed by atoms with van der Waals surface area (Å²) in [5.41, 5.74) is 1.54. The topological polar surface area (TPSA) is 79.5 Å². The van der Waals surface area contributed by atoms with Crippen LogP contribution in [0.15, 0.2) is 24.3 Å². The van der Waals surface area contributed by atoms with E-state index in [4.69, 9.17) is 0 Å². The van der Waals surface area contributed by atoms with Gasteiger partial charge in [-0.05, 0) is 18.1 Å². The van der Waals surface area contributed by atoms with Crippen molar-refractivity contribution in [2.75, 3.05) is 0 Å². The standard InChI is InChI=1S/C15H17NO4/c1-3-10(15(19)20)14-11-6-4-5-7-12(11)16(9(2)18)13(14)8-17/h4-7,10,17H,3,8H2,1-2H3,(H,19,20). The molecule has 0 amide bonds. The van der Waals surface area contributed by atoms with Crippen LogP contribution in [0.25, 0.3) is 10.9 Å². The number of carbonyl (C=O) groups is 2. The summed E-state index contributed by atoms with van der Waals surface area (Å²) < 4.78 is 1.40. The first-order valence-corrected chi connectivity index (χ1v) is 6.49. The van der Waals surface area contributed by atoms with Crippen molar-refractivity contribution >= 4 is 22.8 Å². The van der Waals surface area contributed by atoms with E-state index in [-0.39, 0.29) is 12.5 Å². The van der Waals surface area contributed by atoms with Crippen LogP contribution in [0.1, 0.15) is 42.2 Å². The minimum Gasteiger partial charge on any atom is -0.481 e. The van der Waals surface area contributed by atoms with Crippen LogP contribution in [0.5, 0.6) is 0 Å². The molecule has 0 radical (unpaired) electrons. The molecule has 0 saturated carbocycles. The van der Waals surface area contributed by atoms with Gasteiger partial charge in [-0.1, -0.05) is 25.1 Å². The average molecular weight is 275 g/mol. The van der Waals surface area contributed by atoms with Crippen molar-refractivity contribution < 1.29 is 19.8 Å². The fourth-order valence-corrected chi connectivity index (χ4v) is 2.72. The second-order valence-corrected chi connectivity index (χ2v) is 4.69. The maximum Gasteiger partial charge on any atom is 0.311 e. The Morgan fingerprint density at radius 1 is 1.30 bits per heavy atom. The highest BCUT2D eigenvalue weighted by Crippen LogP contribution is 2.34. The number of aliphatic hydroxyl groups is 1. The number of carboxylic acid groups (broad SMARTS) is 1. The Morgan fingerprint density at radius 2 is 1.95 bits per heavy atom. The second-order valence-electron chi connectivity index (χ2n) is 4.69. The monoisotopic (exact) mass is 275 g/mol. The van der Waals surface area contributed by atoms with Crippen LogP contribution in [0.4, 0.5) is 0 Å². The molecule has 0 fully saturated rings. The Balaban J connectivity index is 2.88. The summed E-state index contributed by atoms with van der Waals surface area (Å²) >= 11 is 0. The van der Waals surface area contributed by atoms with E-state index >= 15 is 0 Å². The lowest BCUT2D eigenvalue weighted by molar-refractivity contribution is -0.138. The van der Waals surface area contributed by atoms with E-state index in [2.05, 4.69) is 0 Å². The molecule has 0 aliphatic heterocycles. The molecule has 1 heterocycles. The van der Waals surface area contributed by atoms with Gasteiger partial charge in [0.05, 0.1) is 23.7 Å². The van der Waals surface area contributed by atoms with Crippen LogP contribution in [0.2, 0.25) is 0 Å². The van der Waals surface area contributed by atoms with Gasteiger partial charge < -0.3 is 10.2 Å². The largest absolute Gasteiger partial charge is 0.481 e. The lowest BCUT2D eigenvalue weighted by atomic mass is 9.93. The number of carbonyl (C=O) groups excluding carboxylic acids is 1. The third-order valence-corrected chi connectivity index (χ3v) is 3.54. The van der Waals surface area contributed by atoms with Crippen molar-refractivity contribution in [2.24, 2.45) is 0 Å². The average Bonchev–Trinajstić information content (AvgIpc) is 2.74. The SMILES string of the molecule is CCC(C(=O)O)c1c(CO)n(C(C)=O)c2ccccc12. The fraction of sp³-hybridized carbons (Fsp3) is 0.333. The van der Waals surface area contributed by atoms with Crippen LogP contribution in [-0.4, -0.2) is 26.7 Å². The predicted molar refractivity (Wildman–Crippen MR) is 74.8 cm³/mol. The summed E-state index contributed by atoms with van der Waals surface area (Å²) in [7, 11) is 0. The molecule has 2 rings (SSSR count). The highest BCUT2D eigenvalue weighted by molar-refractivity contribution is 5.98. The molecule has 5 nitrogen and oxygen atoms in total. The second kappa shape index (κ2) is 5.46. The lowest BCUT2D eigenvalue weighted by Crippen LogP contribution is -2.15. The molecule has 0 saturated heterocycles. The van der Waals surface area contributed by atoms with Gasteiger partial charge in [0.2, 0.25) is 5.91 Å². The van der Waals surface area contributed by atoms with Gasteiger partial charge in [-0.25, -0.2) is 0 Å². The van der Waals surface area contributed by atoms with Crippen LogP contribution in [0, 0.1) is 0 Å². The summed E-state index contributed by atoms with van der Waals surface area (Å²) in [6.45, 7) is 2.81. The first kappa shape index (κ1) is 14.3. The van der Waals surface area contributed by atoms with Gasteiger partial charge in [-0.2, -0.15) is 0 Å². The van der Waals surface area contributed by atoms with Gasteiger partial charge in [0.15, 0.2) is 0 Å². The highest BCUT2D eigenvalue weighted by Gasteiger charge is 2.28. The van der Waals surface area contributed by atoms with Crippen LogP contribution < -0.4 is 0 Å². The number of carboxylic acids is 1. The quantitative estimate of drug-likeness (QED) is 0.897. The zero-order chi connectivity index (χ0) is 14.9. The van der Waals surface area contributed by atoms with Gasteiger partial charge >= 0.3 is 5.97 Å². The van der Waals surface area contributed by atoms with Crippen LogP contribution >= 0.6 is 0 Å². The Morgan fingerprint density at radius 3 is 2.45 bits per heavy atom. The van der Waals surface area contributed by atoms with E-state index in [0.717, 1.165) is 0 Å². The number of hydrogen-bond acceptors (Lipinski definition) is 3. The molecule has 0 aliphatic carbocycles. The molecule has 0 spiro atoms. The van der Waals surface area contributed by atoms with E-state index in [0.29, 0.717) is 28.6 Å². The fourth-order valence-electron chi connectivity index (χ4n) is 2.72. The molecule has 20 heavy (non-hydrogen) atoms. The smallest absolute Gasteiger partial charge is 0.311 e. The van der Waals surface area contributed by atoms with Gasteiger partial charge in [-0.15, -0.1) is 0 Å². The van der Waals surface area contributed by atoms with Crippen molar-refractivity contribution in [2.45, 2.75) is 32.8 Å². The Bertz CT molecular complexity index is 672. The maximum atomic E-state index is 11.8. The van der Waals surface area contributed by atoms with Crippen molar-refractivity contribution in [1.29, 1.82) is 0 Å². The third-order valence-electron chi connectivity index (χ3n) is 3.54. The zero-order valence-corrected chi connectivity index (χ0v) is 11.5.